The average molecular weight is 301 g/mol. The molecule has 0 unspecified atom stereocenters. The van der Waals surface area contributed by atoms with Crippen LogP contribution in [0, 0.1) is 0 Å². The number of nitrogens with one attached hydrogen (secondary N) is 1. The molecule has 21 heavy (non-hydrogen) atoms. The van der Waals surface area contributed by atoms with E-state index in [9.17, 15) is 22.8 Å². The van der Waals surface area contributed by atoms with Gasteiger partial charge in [0.1, 0.15) is 5.75 Å². The van der Waals surface area contributed by atoms with Crippen molar-refractivity contribution in [3.63, 3.8) is 0 Å². The van der Waals surface area contributed by atoms with Crippen LogP contribution in [0.15, 0.2) is 24.3 Å². The van der Waals surface area contributed by atoms with Crippen molar-refractivity contribution in [1.82, 2.24) is 0 Å². The lowest BCUT2D eigenvalue weighted by Crippen LogP contribution is -2.17. The van der Waals surface area contributed by atoms with E-state index in [1.54, 1.807) is 6.92 Å². The van der Waals surface area contributed by atoms with Crippen LogP contribution >= 0.6 is 0 Å². The molecule has 0 saturated carbocycles. The largest absolute Gasteiger partial charge is 0.573 e. The molecule has 5 nitrogen and oxygen atoms in total. The molecule has 1 N–H and O–H groups in total. The zero-order valence-electron chi connectivity index (χ0n) is 10.8. The summed E-state index contributed by atoms with van der Waals surface area (Å²) in [6.45, 7) is 1.71. The van der Waals surface area contributed by atoms with E-state index in [1.807, 2.05) is 0 Å². The molecule has 0 aliphatic carbocycles. The van der Waals surface area contributed by atoms with Crippen LogP contribution in [0.2, 0.25) is 0 Å². The quantitative estimate of drug-likeness (QED) is 0.688. The smallest absolute Gasteiger partial charge is 0.463 e. The number of alkyl halides is 3. The number of halogens is 3. The molecule has 1 heterocycles. The minimum absolute atomic E-state index is 0.0731. The molecule has 0 atom stereocenters. The first-order valence-electron chi connectivity index (χ1n) is 5.90. The number of anilines is 1. The van der Waals surface area contributed by atoms with Crippen LogP contribution in [0.4, 0.5) is 18.9 Å². The third-order valence-electron chi connectivity index (χ3n) is 2.56. The van der Waals surface area contributed by atoms with Crippen LogP contribution in [0.5, 0.6) is 5.75 Å². The van der Waals surface area contributed by atoms with Crippen LogP contribution in [-0.4, -0.2) is 24.8 Å². The predicted octanol–water partition coefficient (Wildman–Crippen LogP) is 2.48. The number of esters is 1. The molecule has 0 saturated heterocycles. The second-order valence-corrected chi connectivity index (χ2v) is 4.02. The summed E-state index contributed by atoms with van der Waals surface area (Å²) in [5.41, 5.74) is 0.371. The fraction of sp³-hybridized carbons (Fsp3) is 0.231. The molecular weight excluding hydrogens is 291 g/mol. The van der Waals surface area contributed by atoms with Gasteiger partial charge in [0.15, 0.2) is 0 Å². The molecule has 0 aromatic heterocycles. The Bertz CT molecular complexity index is 622. The summed E-state index contributed by atoms with van der Waals surface area (Å²) in [5, 5.41) is 2.43. The maximum atomic E-state index is 12.2. The van der Waals surface area contributed by atoms with E-state index in [-0.39, 0.29) is 17.7 Å². The van der Waals surface area contributed by atoms with Crippen LogP contribution in [0.1, 0.15) is 12.5 Å². The highest BCUT2D eigenvalue weighted by molar-refractivity contribution is 6.33. The van der Waals surface area contributed by atoms with Gasteiger partial charge in [0.05, 0.1) is 12.2 Å². The standard InChI is InChI=1S/C13H10F3NO4/c1-2-20-11(18)6-9-8-5-7(21-13(14,15)16)3-4-10(8)17-12(9)19/h3-6H,2H2,1H3,(H,17,19)/b9-6+. The number of carbonyl (C=O) groups excluding carboxylic acids is 2. The van der Waals surface area contributed by atoms with E-state index in [4.69, 9.17) is 0 Å². The Morgan fingerprint density at radius 1 is 1.38 bits per heavy atom. The molecule has 1 aromatic carbocycles. The van der Waals surface area contributed by atoms with Gasteiger partial charge in [-0.3, -0.25) is 4.79 Å². The monoisotopic (exact) mass is 301 g/mol. The summed E-state index contributed by atoms with van der Waals surface area (Å²) in [7, 11) is 0. The molecule has 0 radical (unpaired) electrons. The van der Waals surface area contributed by atoms with E-state index in [0.29, 0.717) is 5.69 Å². The van der Waals surface area contributed by atoms with Crippen molar-refractivity contribution in [2.24, 2.45) is 0 Å². The van der Waals surface area contributed by atoms with Crippen molar-refractivity contribution in [2.75, 3.05) is 11.9 Å². The van der Waals surface area contributed by atoms with E-state index < -0.39 is 24.0 Å². The molecule has 1 aliphatic rings. The van der Waals surface area contributed by atoms with Gasteiger partial charge in [-0.15, -0.1) is 13.2 Å². The summed E-state index contributed by atoms with van der Waals surface area (Å²) in [6.07, 6.45) is -3.91. The molecule has 112 valence electrons. The topological polar surface area (TPSA) is 64.6 Å². The lowest BCUT2D eigenvalue weighted by atomic mass is 10.1. The zero-order valence-corrected chi connectivity index (χ0v) is 10.8. The van der Waals surface area contributed by atoms with E-state index in [1.165, 1.54) is 6.07 Å². The van der Waals surface area contributed by atoms with E-state index in [0.717, 1.165) is 18.2 Å². The van der Waals surface area contributed by atoms with Crippen LogP contribution < -0.4 is 10.1 Å². The molecule has 0 fully saturated rings. The van der Waals surface area contributed by atoms with Crippen LogP contribution in [-0.2, 0) is 14.3 Å². The van der Waals surface area contributed by atoms with Gasteiger partial charge in [0.2, 0.25) is 0 Å². The summed E-state index contributed by atoms with van der Waals surface area (Å²) in [5.74, 6) is -1.83. The van der Waals surface area contributed by atoms with Gasteiger partial charge in [-0.25, -0.2) is 4.79 Å². The summed E-state index contributed by atoms with van der Waals surface area (Å²) < 4.78 is 45.0. The Hall–Kier alpha value is -2.51. The number of ether oxygens (including phenoxy) is 2. The molecule has 0 bridgehead atoms. The first-order valence-corrected chi connectivity index (χ1v) is 5.90. The van der Waals surface area contributed by atoms with Crippen molar-refractivity contribution >= 4 is 23.1 Å². The highest BCUT2D eigenvalue weighted by Gasteiger charge is 2.32. The molecule has 1 aliphatic heterocycles. The van der Waals surface area contributed by atoms with Crippen LogP contribution in [0.25, 0.3) is 5.57 Å². The molecule has 8 heteroatoms. The van der Waals surface area contributed by atoms with Gasteiger partial charge in [-0.2, -0.15) is 0 Å². The Balaban J connectivity index is 2.35. The van der Waals surface area contributed by atoms with Gasteiger partial charge >= 0.3 is 12.3 Å². The third-order valence-corrected chi connectivity index (χ3v) is 2.56. The highest BCUT2D eigenvalue weighted by atomic mass is 19.4. The Labute approximate surface area is 117 Å². The summed E-state index contributed by atoms with van der Waals surface area (Å²) in [4.78, 5) is 23.1. The highest BCUT2D eigenvalue weighted by Crippen LogP contribution is 2.36. The predicted molar refractivity (Wildman–Crippen MR) is 66.4 cm³/mol. The maximum Gasteiger partial charge on any atom is 0.573 e. The fourth-order valence-corrected chi connectivity index (χ4v) is 1.81. The SMILES string of the molecule is CCOC(=O)/C=C1/C(=O)Nc2ccc(OC(F)(F)F)cc21. The van der Waals surface area contributed by atoms with Crippen molar-refractivity contribution in [2.45, 2.75) is 13.3 Å². The van der Waals surface area contributed by atoms with Gasteiger partial charge in [0, 0.05) is 17.3 Å². The first-order chi connectivity index (χ1) is 9.80. The Kier molecular flexibility index (Phi) is 3.88. The Morgan fingerprint density at radius 3 is 2.71 bits per heavy atom. The summed E-state index contributed by atoms with van der Waals surface area (Å²) >= 11 is 0. The number of fused-ring (bicyclic) bond motifs is 1. The number of benzene rings is 1. The number of rotatable bonds is 3. The number of carbonyl (C=O) groups is 2. The normalized spacial score (nSPS) is 15.6. The van der Waals surface area contributed by atoms with Crippen molar-refractivity contribution in [1.29, 1.82) is 0 Å². The maximum absolute atomic E-state index is 12.2. The van der Waals surface area contributed by atoms with Crippen molar-refractivity contribution in [3.05, 3.63) is 29.8 Å². The zero-order chi connectivity index (χ0) is 15.6. The Morgan fingerprint density at radius 2 is 2.10 bits per heavy atom. The molecule has 2 rings (SSSR count). The minimum Gasteiger partial charge on any atom is -0.463 e. The first kappa shape index (κ1) is 14.9. The second kappa shape index (κ2) is 5.47. The van der Waals surface area contributed by atoms with E-state index >= 15 is 0 Å². The van der Waals surface area contributed by atoms with E-state index in [2.05, 4.69) is 14.8 Å². The number of hydrogen-bond donors (Lipinski definition) is 1. The average Bonchev–Trinajstić information content (AvgIpc) is 2.64. The molecule has 1 amide bonds. The lowest BCUT2D eigenvalue weighted by molar-refractivity contribution is -0.274. The minimum atomic E-state index is -4.84. The van der Waals surface area contributed by atoms with Gasteiger partial charge < -0.3 is 14.8 Å². The van der Waals surface area contributed by atoms with Gasteiger partial charge in [0.25, 0.3) is 5.91 Å². The number of hydrogen-bond acceptors (Lipinski definition) is 4. The molecular formula is C13H10F3NO4. The molecule has 1 aromatic rings. The van der Waals surface area contributed by atoms with Gasteiger partial charge in [-0.05, 0) is 25.1 Å². The second-order valence-electron chi connectivity index (χ2n) is 4.02. The third kappa shape index (κ3) is 3.53. The van der Waals surface area contributed by atoms with Crippen molar-refractivity contribution < 1.29 is 32.2 Å². The summed E-state index contributed by atoms with van der Waals surface area (Å²) in [6, 6.07) is 3.37. The molecule has 0 spiro atoms. The van der Waals surface area contributed by atoms with Crippen molar-refractivity contribution in [3.8, 4) is 5.75 Å². The lowest BCUT2D eigenvalue weighted by Gasteiger charge is -2.09. The fourth-order valence-electron chi connectivity index (χ4n) is 1.81. The van der Waals surface area contributed by atoms with Crippen LogP contribution in [0.3, 0.4) is 0 Å². The number of amides is 1. The van der Waals surface area contributed by atoms with Gasteiger partial charge in [-0.1, -0.05) is 0 Å².